The summed E-state index contributed by atoms with van der Waals surface area (Å²) in [5.41, 5.74) is 7.51. The molecule has 1 aromatic heterocycles. The normalized spacial score (nSPS) is 16.7. The van der Waals surface area contributed by atoms with Crippen molar-refractivity contribution in [3.8, 4) is 5.75 Å². The summed E-state index contributed by atoms with van der Waals surface area (Å²) in [5, 5.41) is 7.30. The molecule has 23 heavy (non-hydrogen) atoms. The van der Waals surface area contributed by atoms with Gasteiger partial charge in [-0.2, -0.15) is 10.1 Å². The van der Waals surface area contributed by atoms with E-state index in [1.807, 2.05) is 25.1 Å². The summed E-state index contributed by atoms with van der Waals surface area (Å²) in [4.78, 5) is 16.2. The number of hydrogen-bond donors (Lipinski definition) is 2. The number of nitrogens with zero attached hydrogens (tertiary/aromatic N) is 3. The summed E-state index contributed by atoms with van der Waals surface area (Å²) >= 11 is 3.47. The maximum atomic E-state index is 12.0. The van der Waals surface area contributed by atoms with Gasteiger partial charge in [0.25, 0.3) is 0 Å². The minimum atomic E-state index is -0.511. The number of benzene rings is 1. The molecule has 8 heteroatoms. The summed E-state index contributed by atoms with van der Waals surface area (Å²) in [5.74, 6) is 0.721. The number of rotatable bonds is 4. The van der Waals surface area contributed by atoms with Gasteiger partial charge in [0.15, 0.2) is 0 Å². The molecule has 2 heterocycles. The smallest absolute Gasteiger partial charge is 0.248 e. The highest BCUT2D eigenvalue weighted by molar-refractivity contribution is 9.10. The van der Waals surface area contributed by atoms with Crippen molar-refractivity contribution in [3.05, 3.63) is 45.8 Å². The van der Waals surface area contributed by atoms with Crippen molar-refractivity contribution in [1.29, 1.82) is 0 Å². The standard InChI is InChI=1S/C15H16BrN5O2/c1-3-23-11-5-4-9(16)6-10(11)13-12(14(17)22)8(2)20-15-18-7-19-21(13)15/h4-7,13H,3H2,1-2H3,(H2,17,22)(H,18,19,20). The molecule has 7 nitrogen and oxygen atoms in total. The Kier molecular flexibility index (Phi) is 4.08. The predicted molar refractivity (Wildman–Crippen MR) is 89.0 cm³/mol. The Bertz CT molecular complexity index is 799. The van der Waals surface area contributed by atoms with Crippen LogP contribution in [0.5, 0.6) is 5.75 Å². The highest BCUT2D eigenvalue weighted by Gasteiger charge is 2.34. The number of fused-ring (bicyclic) bond motifs is 1. The van der Waals surface area contributed by atoms with Gasteiger partial charge in [0.1, 0.15) is 18.1 Å². The molecule has 3 rings (SSSR count). The minimum Gasteiger partial charge on any atom is -0.494 e. The Balaban J connectivity index is 2.24. The van der Waals surface area contributed by atoms with Gasteiger partial charge in [-0.05, 0) is 32.0 Å². The first-order valence-electron chi connectivity index (χ1n) is 7.12. The van der Waals surface area contributed by atoms with Crippen LogP contribution in [0.25, 0.3) is 0 Å². The number of carbonyl (C=O) groups is 1. The Morgan fingerprint density at radius 1 is 1.52 bits per heavy atom. The molecule has 2 aromatic rings. The highest BCUT2D eigenvalue weighted by Crippen LogP contribution is 2.39. The average molecular weight is 378 g/mol. The molecule has 1 atom stereocenters. The number of hydrogen-bond acceptors (Lipinski definition) is 5. The zero-order chi connectivity index (χ0) is 16.6. The van der Waals surface area contributed by atoms with E-state index in [1.165, 1.54) is 6.33 Å². The van der Waals surface area contributed by atoms with Gasteiger partial charge in [0.05, 0.1) is 12.2 Å². The number of halogens is 1. The van der Waals surface area contributed by atoms with Crippen LogP contribution in [0.3, 0.4) is 0 Å². The molecular formula is C15H16BrN5O2. The molecular weight excluding hydrogens is 362 g/mol. The maximum absolute atomic E-state index is 12.0. The van der Waals surface area contributed by atoms with Gasteiger partial charge < -0.3 is 15.8 Å². The third-order valence-electron chi connectivity index (χ3n) is 3.63. The summed E-state index contributed by atoms with van der Waals surface area (Å²) in [6.07, 6.45) is 1.44. The largest absolute Gasteiger partial charge is 0.494 e. The number of aromatic nitrogens is 3. The van der Waals surface area contributed by atoms with Gasteiger partial charge >= 0.3 is 0 Å². The lowest BCUT2D eigenvalue weighted by Crippen LogP contribution is -2.32. The molecule has 120 valence electrons. The third-order valence-corrected chi connectivity index (χ3v) is 4.12. The Morgan fingerprint density at radius 2 is 2.30 bits per heavy atom. The summed E-state index contributed by atoms with van der Waals surface area (Å²) in [7, 11) is 0. The molecule has 0 saturated heterocycles. The number of allylic oxidation sites excluding steroid dienone is 1. The van der Waals surface area contributed by atoms with Crippen molar-refractivity contribution >= 4 is 27.8 Å². The maximum Gasteiger partial charge on any atom is 0.248 e. The van der Waals surface area contributed by atoms with Crippen LogP contribution < -0.4 is 15.8 Å². The summed E-state index contributed by atoms with van der Waals surface area (Å²) in [6.45, 7) is 4.22. The van der Waals surface area contributed by atoms with Crippen LogP contribution >= 0.6 is 15.9 Å². The van der Waals surface area contributed by atoms with E-state index < -0.39 is 11.9 Å². The van der Waals surface area contributed by atoms with Crippen LogP contribution in [-0.4, -0.2) is 27.3 Å². The molecule has 0 bridgehead atoms. The molecule has 0 saturated carbocycles. The number of primary amides is 1. The molecule has 0 spiro atoms. The number of anilines is 1. The van der Waals surface area contributed by atoms with E-state index in [0.717, 1.165) is 10.0 Å². The van der Waals surface area contributed by atoms with Crippen LogP contribution in [0.4, 0.5) is 5.95 Å². The SMILES string of the molecule is CCOc1ccc(Br)cc1C1C(C(N)=O)=C(C)Nc2ncnn21. The number of nitrogens with two attached hydrogens (primary N) is 1. The Morgan fingerprint density at radius 3 is 3.00 bits per heavy atom. The van der Waals surface area contributed by atoms with Crippen molar-refractivity contribution < 1.29 is 9.53 Å². The first kappa shape index (κ1) is 15.5. The molecule has 1 amide bonds. The zero-order valence-corrected chi connectivity index (χ0v) is 14.3. The summed E-state index contributed by atoms with van der Waals surface area (Å²) < 4.78 is 8.23. The first-order valence-corrected chi connectivity index (χ1v) is 7.91. The first-order chi connectivity index (χ1) is 11.0. The predicted octanol–water partition coefficient (Wildman–Crippen LogP) is 2.21. The topological polar surface area (TPSA) is 95.1 Å². The van der Waals surface area contributed by atoms with Gasteiger partial charge in [-0.3, -0.25) is 4.79 Å². The summed E-state index contributed by atoms with van der Waals surface area (Å²) in [6, 6.07) is 5.15. The fourth-order valence-electron chi connectivity index (χ4n) is 2.72. The van der Waals surface area contributed by atoms with Crippen LogP contribution in [-0.2, 0) is 4.79 Å². The molecule has 0 fully saturated rings. The molecule has 3 N–H and O–H groups in total. The molecule has 1 aromatic carbocycles. The van der Waals surface area contributed by atoms with Crippen molar-refractivity contribution in [1.82, 2.24) is 14.8 Å². The van der Waals surface area contributed by atoms with E-state index >= 15 is 0 Å². The van der Waals surface area contributed by atoms with Crippen molar-refractivity contribution in [3.63, 3.8) is 0 Å². The lowest BCUT2D eigenvalue weighted by atomic mass is 9.94. The quantitative estimate of drug-likeness (QED) is 0.851. The second-order valence-electron chi connectivity index (χ2n) is 5.07. The Labute approximate surface area is 141 Å². The van der Waals surface area contributed by atoms with Gasteiger partial charge in [-0.1, -0.05) is 15.9 Å². The van der Waals surface area contributed by atoms with E-state index in [4.69, 9.17) is 10.5 Å². The van der Waals surface area contributed by atoms with E-state index in [9.17, 15) is 4.79 Å². The fraction of sp³-hybridized carbons (Fsp3) is 0.267. The monoisotopic (exact) mass is 377 g/mol. The Hall–Kier alpha value is -2.35. The highest BCUT2D eigenvalue weighted by atomic mass is 79.9. The van der Waals surface area contributed by atoms with Gasteiger partial charge in [-0.25, -0.2) is 4.68 Å². The van der Waals surface area contributed by atoms with Crippen LogP contribution in [0.15, 0.2) is 40.3 Å². The van der Waals surface area contributed by atoms with Crippen molar-refractivity contribution in [2.45, 2.75) is 19.9 Å². The molecule has 1 aliphatic rings. The number of carbonyl (C=O) groups excluding carboxylic acids is 1. The van der Waals surface area contributed by atoms with Gasteiger partial charge in [-0.15, -0.1) is 0 Å². The number of ether oxygens (including phenoxy) is 1. The number of amides is 1. The second kappa shape index (κ2) is 6.04. The van der Waals surface area contributed by atoms with Crippen LogP contribution in [0.2, 0.25) is 0 Å². The third kappa shape index (κ3) is 2.70. The van der Waals surface area contributed by atoms with E-state index in [-0.39, 0.29) is 0 Å². The van der Waals surface area contributed by atoms with Crippen LogP contribution in [0, 0.1) is 0 Å². The van der Waals surface area contributed by atoms with E-state index in [0.29, 0.717) is 29.6 Å². The molecule has 1 aliphatic heterocycles. The van der Waals surface area contributed by atoms with E-state index in [2.05, 4.69) is 31.3 Å². The van der Waals surface area contributed by atoms with Crippen molar-refractivity contribution in [2.24, 2.45) is 5.73 Å². The van der Waals surface area contributed by atoms with Gasteiger partial charge in [0, 0.05) is 15.7 Å². The minimum absolute atomic E-state index is 0.432. The lowest BCUT2D eigenvalue weighted by Gasteiger charge is -2.29. The van der Waals surface area contributed by atoms with Crippen LogP contribution in [0.1, 0.15) is 25.5 Å². The van der Waals surface area contributed by atoms with Crippen molar-refractivity contribution in [2.75, 3.05) is 11.9 Å². The average Bonchev–Trinajstić information content (AvgIpc) is 2.95. The number of nitrogens with one attached hydrogen (secondary N) is 1. The van der Waals surface area contributed by atoms with E-state index in [1.54, 1.807) is 11.6 Å². The molecule has 0 aliphatic carbocycles. The molecule has 1 unspecified atom stereocenters. The zero-order valence-electron chi connectivity index (χ0n) is 12.7. The molecule has 0 radical (unpaired) electrons. The van der Waals surface area contributed by atoms with Gasteiger partial charge in [0.2, 0.25) is 11.9 Å². The fourth-order valence-corrected chi connectivity index (χ4v) is 3.10. The second-order valence-corrected chi connectivity index (χ2v) is 5.99. The lowest BCUT2D eigenvalue weighted by molar-refractivity contribution is -0.115.